The van der Waals surface area contributed by atoms with Crippen molar-refractivity contribution in [3.8, 4) is 0 Å². The third-order valence-corrected chi connectivity index (χ3v) is 2.82. The van der Waals surface area contributed by atoms with Gasteiger partial charge >= 0.3 is 0 Å². The van der Waals surface area contributed by atoms with Crippen LogP contribution in [0.15, 0.2) is 0 Å². The second-order valence-corrected chi connectivity index (χ2v) is 5.76. The quantitative estimate of drug-likeness (QED) is 0.594. The van der Waals surface area contributed by atoms with Gasteiger partial charge in [0.25, 0.3) is 0 Å². The minimum atomic E-state index is -2.79. The van der Waals surface area contributed by atoms with Crippen LogP contribution in [0.5, 0.6) is 0 Å². The smallest absolute Gasteiger partial charge is 0.147 e. The Bertz CT molecular complexity index is 242. The van der Waals surface area contributed by atoms with E-state index in [1.54, 1.807) is 6.92 Å². The zero-order valence-electron chi connectivity index (χ0n) is 8.38. The van der Waals surface area contributed by atoms with E-state index in [1.807, 2.05) is 0 Å². The lowest BCUT2D eigenvalue weighted by molar-refractivity contribution is -0.117. The van der Waals surface area contributed by atoms with Crippen molar-refractivity contribution < 1.29 is 13.2 Å². The van der Waals surface area contributed by atoms with Crippen molar-refractivity contribution in [2.24, 2.45) is 0 Å². The Morgan fingerprint density at radius 3 is 2.08 bits per heavy atom. The topological polar surface area (TPSA) is 51.2 Å². The van der Waals surface area contributed by atoms with E-state index in [1.165, 1.54) is 6.26 Å². The molecule has 4 heteroatoms. The first-order chi connectivity index (χ1) is 5.92. The molecule has 0 atom stereocenters. The van der Waals surface area contributed by atoms with Crippen LogP contribution < -0.4 is 0 Å². The highest BCUT2D eigenvalue weighted by Gasteiger charge is 2.01. The summed E-state index contributed by atoms with van der Waals surface area (Å²) in [6.45, 7) is 1.58. The van der Waals surface area contributed by atoms with Crippen LogP contribution in [0.2, 0.25) is 0 Å². The third kappa shape index (κ3) is 11.6. The summed E-state index contributed by atoms with van der Waals surface area (Å²) in [6, 6.07) is 0. The molecule has 0 aliphatic heterocycles. The van der Waals surface area contributed by atoms with Gasteiger partial charge in [0.1, 0.15) is 15.6 Å². The largest absolute Gasteiger partial charge is 0.300 e. The monoisotopic (exact) mass is 206 g/mol. The molecule has 0 spiro atoms. The number of carbonyl (C=O) groups excluding carboxylic acids is 1. The Morgan fingerprint density at radius 2 is 1.62 bits per heavy atom. The lowest BCUT2D eigenvalue weighted by Gasteiger charge is -1.98. The first kappa shape index (κ1) is 12.6. The first-order valence-electron chi connectivity index (χ1n) is 4.59. The molecule has 78 valence electrons. The fourth-order valence-electron chi connectivity index (χ4n) is 1.09. The van der Waals surface area contributed by atoms with Gasteiger partial charge in [0.2, 0.25) is 0 Å². The van der Waals surface area contributed by atoms with Gasteiger partial charge in [-0.1, -0.05) is 12.8 Å². The van der Waals surface area contributed by atoms with Gasteiger partial charge in [0.05, 0.1) is 0 Å². The van der Waals surface area contributed by atoms with Crippen LogP contribution in [0.3, 0.4) is 0 Å². The highest BCUT2D eigenvalue weighted by molar-refractivity contribution is 7.90. The number of ketones is 1. The van der Waals surface area contributed by atoms with Crippen molar-refractivity contribution >= 4 is 15.6 Å². The Morgan fingerprint density at radius 1 is 1.08 bits per heavy atom. The fraction of sp³-hybridized carbons (Fsp3) is 0.889. The van der Waals surface area contributed by atoms with Crippen LogP contribution in [0, 0.1) is 0 Å². The van der Waals surface area contributed by atoms with Gasteiger partial charge in [-0.2, -0.15) is 0 Å². The highest BCUT2D eigenvalue weighted by atomic mass is 32.2. The van der Waals surface area contributed by atoms with Crippen molar-refractivity contribution in [3.05, 3.63) is 0 Å². The van der Waals surface area contributed by atoms with Crippen LogP contribution in [-0.4, -0.2) is 26.2 Å². The summed E-state index contributed by atoms with van der Waals surface area (Å²) in [5.74, 6) is 0.482. The highest BCUT2D eigenvalue weighted by Crippen LogP contribution is 2.04. The van der Waals surface area contributed by atoms with Gasteiger partial charge in [0, 0.05) is 18.4 Å². The number of hydrogen-bond donors (Lipinski definition) is 0. The van der Waals surface area contributed by atoms with Gasteiger partial charge in [-0.25, -0.2) is 8.42 Å². The lowest BCUT2D eigenvalue weighted by atomic mass is 10.1. The molecule has 0 aromatic heterocycles. The van der Waals surface area contributed by atoms with Gasteiger partial charge < -0.3 is 4.79 Å². The molecule has 0 saturated carbocycles. The SMILES string of the molecule is CC(=O)CCCCCCS(C)(=O)=O. The Labute approximate surface area is 80.4 Å². The van der Waals surface area contributed by atoms with Crippen molar-refractivity contribution in [2.45, 2.75) is 39.0 Å². The number of sulfone groups is 1. The molecular formula is C9H18O3S. The molecule has 0 fully saturated rings. The summed E-state index contributed by atoms with van der Waals surface area (Å²) >= 11 is 0. The molecule has 0 amide bonds. The number of unbranched alkanes of at least 4 members (excludes halogenated alkanes) is 3. The number of rotatable bonds is 7. The minimum absolute atomic E-state index is 0.211. The molecule has 0 unspecified atom stereocenters. The van der Waals surface area contributed by atoms with Crippen LogP contribution in [0.25, 0.3) is 0 Å². The molecule has 0 aromatic carbocycles. The number of Topliss-reactive ketones (excluding diaryl/α,β-unsaturated/α-hetero) is 1. The van der Waals surface area contributed by atoms with E-state index in [-0.39, 0.29) is 11.5 Å². The maximum atomic E-state index is 10.7. The van der Waals surface area contributed by atoms with Crippen LogP contribution >= 0.6 is 0 Å². The van der Waals surface area contributed by atoms with Crippen molar-refractivity contribution in [2.75, 3.05) is 12.0 Å². The van der Waals surface area contributed by atoms with Crippen LogP contribution in [0.1, 0.15) is 39.0 Å². The molecule has 0 aliphatic rings. The molecule has 0 heterocycles. The predicted octanol–water partition coefficient (Wildman–Crippen LogP) is 1.57. The average molecular weight is 206 g/mol. The standard InChI is InChI=1S/C9H18O3S/c1-9(10)7-5-3-4-6-8-13(2,11)12/h3-8H2,1-2H3. The first-order valence-corrected chi connectivity index (χ1v) is 6.65. The maximum absolute atomic E-state index is 10.7. The Hall–Kier alpha value is -0.380. The Balaban J connectivity index is 3.23. The molecule has 13 heavy (non-hydrogen) atoms. The molecule has 0 aliphatic carbocycles. The third-order valence-electron chi connectivity index (χ3n) is 1.79. The minimum Gasteiger partial charge on any atom is -0.300 e. The molecule has 0 N–H and O–H groups in total. The van der Waals surface area contributed by atoms with Gasteiger partial charge in [-0.05, 0) is 19.8 Å². The van der Waals surface area contributed by atoms with Gasteiger partial charge in [0.15, 0.2) is 0 Å². The maximum Gasteiger partial charge on any atom is 0.147 e. The van der Waals surface area contributed by atoms with Crippen molar-refractivity contribution in [3.63, 3.8) is 0 Å². The summed E-state index contributed by atoms with van der Waals surface area (Å²) in [7, 11) is -2.79. The zero-order valence-corrected chi connectivity index (χ0v) is 9.19. The van der Waals surface area contributed by atoms with E-state index in [0.717, 1.165) is 25.7 Å². The second kappa shape index (κ2) is 6.13. The van der Waals surface area contributed by atoms with Crippen LogP contribution in [0.4, 0.5) is 0 Å². The molecular weight excluding hydrogens is 188 g/mol. The average Bonchev–Trinajstić information content (AvgIpc) is 1.93. The van der Waals surface area contributed by atoms with Gasteiger partial charge in [-0.3, -0.25) is 0 Å². The number of carbonyl (C=O) groups is 1. The molecule has 0 rings (SSSR count). The van der Waals surface area contributed by atoms with E-state index >= 15 is 0 Å². The van der Waals surface area contributed by atoms with Crippen LogP contribution in [-0.2, 0) is 14.6 Å². The van der Waals surface area contributed by atoms with E-state index in [0.29, 0.717) is 6.42 Å². The molecule has 0 aromatic rings. The summed E-state index contributed by atoms with van der Waals surface area (Å²) in [5, 5.41) is 0. The summed E-state index contributed by atoms with van der Waals surface area (Å²) < 4.78 is 21.4. The molecule has 0 radical (unpaired) electrons. The van der Waals surface area contributed by atoms with E-state index in [4.69, 9.17) is 0 Å². The normalized spacial score (nSPS) is 11.5. The molecule has 0 bridgehead atoms. The predicted molar refractivity (Wildman–Crippen MR) is 53.5 cm³/mol. The summed E-state index contributed by atoms with van der Waals surface area (Å²) in [4.78, 5) is 10.5. The second-order valence-electron chi connectivity index (χ2n) is 3.50. The van der Waals surface area contributed by atoms with E-state index in [2.05, 4.69) is 0 Å². The number of hydrogen-bond acceptors (Lipinski definition) is 3. The Kier molecular flexibility index (Phi) is 5.95. The van der Waals surface area contributed by atoms with Crippen molar-refractivity contribution in [1.82, 2.24) is 0 Å². The van der Waals surface area contributed by atoms with Gasteiger partial charge in [-0.15, -0.1) is 0 Å². The zero-order chi connectivity index (χ0) is 10.3. The van der Waals surface area contributed by atoms with E-state index in [9.17, 15) is 13.2 Å². The summed E-state index contributed by atoms with van der Waals surface area (Å²) in [5.41, 5.74) is 0. The summed E-state index contributed by atoms with van der Waals surface area (Å²) in [6.07, 6.45) is 5.34. The lowest BCUT2D eigenvalue weighted by Crippen LogP contribution is -2.02. The molecule has 3 nitrogen and oxygen atoms in total. The fourth-order valence-corrected chi connectivity index (χ4v) is 1.82. The van der Waals surface area contributed by atoms with Crippen molar-refractivity contribution in [1.29, 1.82) is 0 Å². The van der Waals surface area contributed by atoms with E-state index < -0.39 is 9.84 Å². The molecule has 0 saturated heterocycles.